The lowest BCUT2D eigenvalue weighted by molar-refractivity contribution is 0.277. The summed E-state index contributed by atoms with van der Waals surface area (Å²) < 4.78 is 0. The summed E-state index contributed by atoms with van der Waals surface area (Å²) in [6.07, 6.45) is 1.66. The molecular formula is C9H10N2OS. The van der Waals surface area contributed by atoms with Gasteiger partial charge in [-0.15, -0.1) is 11.3 Å². The first-order chi connectivity index (χ1) is 6.29. The van der Waals surface area contributed by atoms with Gasteiger partial charge in [0.25, 0.3) is 0 Å². The number of hydrogen-bond donors (Lipinski definition) is 2. The van der Waals surface area contributed by atoms with Crippen molar-refractivity contribution in [2.75, 3.05) is 0 Å². The molecule has 0 aromatic carbocycles. The third kappa shape index (κ3) is 1.64. The number of aromatic amines is 1. The number of thiophene rings is 1. The van der Waals surface area contributed by atoms with E-state index in [1.807, 2.05) is 0 Å². The normalized spacial score (nSPS) is 10.6. The van der Waals surface area contributed by atoms with E-state index in [1.54, 1.807) is 17.5 Å². The molecule has 2 N–H and O–H groups in total. The van der Waals surface area contributed by atoms with Crippen LogP contribution in [0.5, 0.6) is 0 Å². The molecule has 0 saturated carbocycles. The van der Waals surface area contributed by atoms with Crippen LogP contribution in [0.15, 0.2) is 17.6 Å². The van der Waals surface area contributed by atoms with Crippen molar-refractivity contribution in [1.82, 2.24) is 9.97 Å². The minimum Gasteiger partial charge on any atom is -0.390 e. The van der Waals surface area contributed by atoms with Gasteiger partial charge < -0.3 is 10.1 Å². The predicted molar refractivity (Wildman–Crippen MR) is 52.6 cm³/mol. The molecule has 13 heavy (non-hydrogen) atoms. The van der Waals surface area contributed by atoms with Gasteiger partial charge in [0.05, 0.1) is 18.5 Å². The maximum absolute atomic E-state index is 8.83. The number of aromatic nitrogens is 2. The first-order valence-electron chi connectivity index (χ1n) is 4.00. The van der Waals surface area contributed by atoms with E-state index in [0.717, 1.165) is 17.1 Å². The molecule has 3 nitrogen and oxygen atoms in total. The van der Waals surface area contributed by atoms with Crippen LogP contribution in [0.2, 0.25) is 0 Å². The summed E-state index contributed by atoms with van der Waals surface area (Å²) in [7, 11) is 0. The molecule has 0 saturated heterocycles. The Balaban J connectivity index is 2.35. The molecule has 0 fully saturated rings. The molecule has 0 aliphatic rings. The Morgan fingerprint density at radius 3 is 3.00 bits per heavy atom. The molecule has 0 unspecified atom stereocenters. The second kappa shape index (κ2) is 3.32. The van der Waals surface area contributed by atoms with Gasteiger partial charge in [-0.1, -0.05) is 0 Å². The van der Waals surface area contributed by atoms with Gasteiger partial charge in [-0.3, -0.25) is 0 Å². The quantitative estimate of drug-likeness (QED) is 0.767. The van der Waals surface area contributed by atoms with E-state index in [4.69, 9.17) is 5.11 Å². The number of aliphatic hydroxyl groups excluding tert-OH is 1. The van der Waals surface area contributed by atoms with Gasteiger partial charge in [-0.2, -0.15) is 0 Å². The second-order valence-corrected chi connectivity index (χ2v) is 3.98. The highest BCUT2D eigenvalue weighted by molar-refractivity contribution is 7.10. The Morgan fingerprint density at radius 1 is 1.62 bits per heavy atom. The molecular weight excluding hydrogens is 184 g/mol. The first-order valence-corrected chi connectivity index (χ1v) is 4.88. The maximum Gasteiger partial charge on any atom is 0.138 e. The molecule has 0 radical (unpaired) electrons. The molecule has 2 rings (SSSR count). The number of aryl methyl sites for hydroxylation is 1. The van der Waals surface area contributed by atoms with Crippen LogP contribution < -0.4 is 0 Å². The van der Waals surface area contributed by atoms with Crippen LogP contribution in [0.1, 0.15) is 10.6 Å². The fourth-order valence-electron chi connectivity index (χ4n) is 1.15. The smallest absolute Gasteiger partial charge is 0.138 e. The average Bonchev–Trinajstić information content (AvgIpc) is 2.71. The van der Waals surface area contributed by atoms with Crippen molar-refractivity contribution in [1.29, 1.82) is 0 Å². The van der Waals surface area contributed by atoms with Crippen LogP contribution in [0.25, 0.3) is 11.4 Å². The Kier molecular flexibility index (Phi) is 2.16. The number of aliphatic hydroxyl groups is 1. The topological polar surface area (TPSA) is 48.9 Å². The summed E-state index contributed by atoms with van der Waals surface area (Å²) in [6.45, 7) is 2.07. The van der Waals surface area contributed by atoms with Crippen molar-refractivity contribution in [3.8, 4) is 11.4 Å². The predicted octanol–water partition coefficient (Wildman–Crippen LogP) is 1.94. The first kappa shape index (κ1) is 8.47. The summed E-state index contributed by atoms with van der Waals surface area (Å²) >= 11 is 1.69. The highest BCUT2D eigenvalue weighted by Gasteiger charge is 2.03. The van der Waals surface area contributed by atoms with E-state index in [-0.39, 0.29) is 6.61 Å². The monoisotopic (exact) mass is 194 g/mol. The Labute approximate surface area is 80.1 Å². The summed E-state index contributed by atoms with van der Waals surface area (Å²) in [5.41, 5.74) is 1.83. The van der Waals surface area contributed by atoms with Crippen LogP contribution in [0.4, 0.5) is 0 Å². The molecule has 2 aromatic heterocycles. The molecule has 0 spiro atoms. The van der Waals surface area contributed by atoms with E-state index in [0.29, 0.717) is 0 Å². The molecule has 0 amide bonds. The lowest BCUT2D eigenvalue weighted by Crippen LogP contribution is -1.81. The lowest BCUT2D eigenvalue weighted by atomic mass is 10.3. The summed E-state index contributed by atoms with van der Waals surface area (Å²) in [6, 6.07) is 2.07. The molecule has 0 atom stereocenters. The van der Waals surface area contributed by atoms with Gasteiger partial charge in [0, 0.05) is 15.8 Å². The van der Waals surface area contributed by atoms with Crippen molar-refractivity contribution < 1.29 is 5.11 Å². The molecule has 4 heteroatoms. The number of imidazole rings is 1. The van der Waals surface area contributed by atoms with Crippen LogP contribution in [0.3, 0.4) is 0 Å². The number of H-pyrrole nitrogens is 1. The highest BCUT2D eigenvalue weighted by Crippen LogP contribution is 2.22. The van der Waals surface area contributed by atoms with Gasteiger partial charge in [0.2, 0.25) is 0 Å². The third-order valence-corrected chi connectivity index (χ3v) is 2.66. The van der Waals surface area contributed by atoms with Crippen LogP contribution >= 0.6 is 11.3 Å². The van der Waals surface area contributed by atoms with Crippen molar-refractivity contribution >= 4 is 11.3 Å². The zero-order valence-corrected chi connectivity index (χ0v) is 8.06. The number of nitrogens with zero attached hydrogens (tertiary/aromatic N) is 1. The number of rotatable bonds is 2. The Hall–Kier alpha value is -1.13. The van der Waals surface area contributed by atoms with E-state index in [2.05, 4.69) is 28.3 Å². The van der Waals surface area contributed by atoms with Gasteiger partial charge in [0.15, 0.2) is 0 Å². The molecule has 0 aliphatic carbocycles. The van der Waals surface area contributed by atoms with Crippen molar-refractivity contribution in [2.24, 2.45) is 0 Å². The highest BCUT2D eigenvalue weighted by atomic mass is 32.1. The zero-order chi connectivity index (χ0) is 9.26. The van der Waals surface area contributed by atoms with Crippen LogP contribution in [-0.4, -0.2) is 15.1 Å². The van der Waals surface area contributed by atoms with E-state index in [1.165, 1.54) is 4.88 Å². The minimum absolute atomic E-state index is 0.0100. The van der Waals surface area contributed by atoms with Crippen LogP contribution in [0, 0.1) is 6.92 Å². The zero-order valence-electron chi connectivity index (χ0n) is 7.24. The fraction of sp³-hybridized carbons (Fsp3) is 0.222. The molecule has 0 bridgehead atoms. The van der Waals surface area contributed by atoms with Crippen molar-refractivity contribution in [3.63, 3.8) is 0 Å². The molecule has 2 heterocycles. The Bertz CT molecular complexity index is 405. The Morgan fingerprint density at radius 2 is 2.46 bits per heavy atom. The summed E-state index contributed by atoms with van der Waals surface area (Å²) in [5, 5.41) is 10.9. The van der Waals surface area contributed by atoms with Crippen LogP contribution in [-0.2, 0) is 6.61 Å². The standard InChI is InChI=1S/C9H10N2OS/c1-6-2-7(5-13-6)9-10-3-8(4-12)11-9/h2-3,5,12H,4H2,1H3,(H,10,11). The molecule has 2 aromatic rings. The number of hydrogen-bond acceptors (Lipinski definition) is 3. The largest absolute Gasteiger partial charge is 0.390 e. The molecule has 0 aliphatic heterocycles. The third-order valence-electron chi connectivity index (χ3n) is 1.80. The van der Waals surface area contributed by atoms with Gasteiger partial charge in [-0.05, 0) is 13.0 Å². The van der Waals surface area contributed by atoms with Gasteiger partial charge in [0.1, 0.15) is 5.82 Å². The van der Waals surface area contributed by atoms with Crippen molar-refractivity contribution in [2.45, 2.75) is 13.5 Å². The van der Waals surface area contributed by atoms with Gasteiger partial charge in [-0.25, -0.2) is 4.98 Å². The minimum atomic E-state index is 0.0100. The van der Waals surface area contributed by atoms with E-state index < -0.39 is 0 Å². The molecule has 68 valence electrons. The lowest BCUT2D eigenvalue weighted by Gasteiger charge is -1.89. The maximum atomic E-state index is 8.83. The summed E-state index contributed by atoms with van der Waals surface area (Å²) in [5.74, 6) is 0.827. The SMILES string of the molecule is Cc1cc(-c2ncc(CO)[nH]2)cs1. The fourth-order valence-corrected chi connectivity index (χ4v) is 1.84. The van der Waals surface area contributed by atoms with E-state index >= 15 is 0 Å². The second-order valence-electron chi connectivity index (χ2n) is 2.86. The van der Waals surface area contributed by atoms with E-state index in [9.17, 15) is 0 Å². The van der Waals surface area contributed by atoms with Gasteiger partial charge >= 0.3 is 0 Å². The average molecular weight is 194 g/mol. The summed E-state index contributed by atoms with van der Waals surface area (Å²) in [4.78, 5) is 8.46. The van der Waals surface area contributed by atoms with Crippen molar-refractivity contribution in [3.05, 3.63) is 28.2 Å². The number of nitrogens with one attached hydrogen (secondary N) is 1.